The van der Waals surface area contributed by atoms with Gasteiger partial charge in [-0.1, -0.05) is 25.5 Å². The molecule has 1 radical (unpaired) electrons. The lowest BCUT2D eigenvalue weighted by Gasteiger charge is -2.00. The molecule has 0 aliphatic carbocycles. The van der Waals surface area contributed by atoms with E-state index in [1.165, 1.54) is 18.4 Å². The lowest BCUT2D eigenvalue weighted by Crippen LogP contribution is -1.84. The van der Waals surface area contributed by atoms with Crippen molar-refractivity contribution in [1.82, 2.24) is 0 Å². The first kappa shape index (κ1) is 9.74. The van der Waals surface area contributed by atoms with Crippen LogP contribution in [0.2, 0.25) is 0 Å². The van der Waals surface area contributed by atoms with Crippen LogP contribution in [-0.2, 0) is 0 Å². The van der Waals surface area contributed by atoms with Crippen LogP contribution in [-0.4, -0.2) is 0 Å². The van der Waals surface area contributed by atoms with Gasteiger partial charge in [-0.05, 0) is 39.0 Å². The molecule has 0 spiro atoms. The van der Waals surface area contributed by atoms with E-state index >= 15 is 0 Å². The lowest BCUT2D eigenvalue weighted by atomic mass is 10.1. The highest BCUT2D eigenvalue weighted by Crippen LogP contribution is 2.07. The number of hydrogen-bond donors (Lipinski definition) is 0. The van der Waals surface area contributed by atoms with Gasteiger partial charge in [-0.2, -0.15) is 0 Å². The maximum absolute atomic E-state index is 3.82. The largest absolute Gasteiger partial charge is 0.0856 e. The van der Waals surface area contributed by atoms with E-state index in [-0.39, 0.29) is 0 Å². The summed E-state index contributed by atoms with van der Waals surface area (Å²) in [5, 5.41) is 0. The van der Waals surface area contributed by atoms with Gasteiger partial charge < -0.3 is 0 Å². The fourth-order valence-corrected chi connectivity index (χ4v) is 0.765. The molecule has 0 bridgehead atoms. The van der Waals surface area contributed by atoms with E-state index in [1.54, 1.807) is 0 Å². The molecule has 0 nitrogen and oxygen atoms in total. The predicted octanol–water partition coefficient (Wildman–Crippen LogP) is 3.59. The van der Waals surface area contributed by atoms with Crippen molar-refractivity contribution in [2.75, 3.05) is 0 Å². The minimum atomic E-state index is 0.828. The molecule has 0 heteroatoms. The second-order valence-corrected chi connectivity index (χ2v) is 3.27. The molecule has 0 aromatic carbocycles. The normalized spacial score (nSPS) is 12.7. The van der Waals surface area contributed by atoms with Crippen LogP contribution in [0.15, 0.2) is 11.6 Å². The fourth-order valence-electron chi connectivity index (χ4n) is 0.765. The van der Waals surface area contributed by atoms with E-state index < -0.39 is 0 Å². The predicted molar refractivity (Wildman–Crippen MR) is 47.8 cm³/mol. The molecule has 0 aliphatic rings. The minimum Gasteiger partial charge on any atom is -0.0856 e. The second kappa shape index (κ2) is 5.52. The SMILES string of the molecule is [CH2]C/C(C)=C/CCC(C)C. The smallest absolute Gasteiger partial charge is 0.0323 e. The van der Waals surface area contributed by atoms with Crippen LogP contribution in [0.25, 0.3) is 0 Å². The van der Waals surface area contributed by atoms with E-state index in [2.05, 4.69) is 33.8 Å². The van der Waals surface area contributed by atoms with Crippen LogP contribution in [0.1, 0.15) is 40.0 Å². The first-order chi connectivity index (χ1) is 4.66. The topological polar surface area (TPSA) is 0 Å². The van der Waals surface area contributed by atoms with Crippen LogP contribution in [0.3, 0.4) is 0 Å². The summed E-state index contributed by atoms with van der Waals surface area (Å²) in [6, 6.07) is 0. The number of allylic oxidation sites excluding steroid dienone is 2. The van der Waals surface area contributed by atoms with Gasteiger partial charge in [0.1, 0.15) is 0 Å². The third-order valence-electron chi connectivity index (χ3n) is 1.63. The van der Waals surface area contributed by atoms with Gasteiger partial charge in [-0.25, -0.2) is 0 Å². The molecule has 0 aromatic heterocycles. The standard InChI is InChI=1S/C10H19/c1-5-10(4)8-6-7-9(2)3/h8-9H,1,5-7H2,2-4H3/b10-8+. The highest BCUT2D eigenvalue weighted by atomic mass is 14.0. The molecule has 0 aliphatic heterocycles. The summed E-state index contributed by atoms with van der Waals surface area (Å²) in [5.74, 6) is 0.828. The Morgan fingerprint density at radius 2 is 2.10 bits per heavy atom. The summed E-state index contributed by atoms with van der Waals surface area (Å²) in [5.41, 5.74) is 1.42. The van der Waals surface area contributed by atoms with Crippen LogP contribution in [0, 0.1) is 12.8 Å². The van der Waals surface area contributed by atoms with Crippen molar-refractivity contribution in [1.29, 1.82) is 0 Å². The molecule has 0 amide bonds. The van der Waals surface area contributed by atoms with Crippen LogP contribution in [0.4, 0.5) is 0 Å². The Bertz CT molecular complexity index is 98.6. The van der Waals surface area contributed by atoms with Crippen LogP contribution >= 0.6 is 0 Å². The Kier molecular flexibility index (Phi) is 5.38. The second-order valence-electron chi connectivity index (χ2n) is 3.27. The zero-order valence-corrected chi connectivity index (χ0v) is 7.48. The average molecular weight is 139 g/mol. The van der Waals surface area contributed by atoms with Gasteiger partial charge in [0.25, 0.3) is 0 Å². The average Bonchev–Trinajstić information content (AvgIpc) is 1.87. The lowest BCUT2D eigenvalue weighted by molar-refractivity contribution is 0.593. The molecule has 0 saturated heterocycles. The van der Waals surface area contributed by atoms with E-state index in [4.69, 9.17) is 0 Å². The molecule has 0 saturated carbocycles. The molecule has 0 rings (SSSR count). The molecule has 0 N–H and O–H groups in total. The Balaban J connectivity index is 3.34. The third kappa shape index (κ3) is 5.87. The van der Waals surface area contributed by atoms with Crippen molar-refractivity contribution in [2.24, 2.45) is 5.92 Å². The fraction of sp³-hybridized carbons (Fsp3) is 0.700. The maximum Gasteiger partial charge on any atom is -0.0323 e. The highest BCUT2D eigenvalue weighted by molar-refractivity contribution is 4.98. The molecule has 0 atom stereocenters. The zero-order chi connectivity index (χ0) is 7.98. The summed E-state index contributed by atoms with van der Waals surface area (Å²) in [6.45, 7) is 10.5. The van der Waals surface area contributed by atoms with Crippen LogP contribution in [0.5, 0.6) is 0 Å². The van der Waals surface area contributed by atoms with Crippen molar-refractivity contribution >= 4 is 0 Å². The Morgan fingerprint density at radius 3 is 2.50 bits per heavy atom. The molecule has 10 heavy (non-hydrogen) atoms. The third-order valence-corrected chi connectivity index (χ3v) is 1.63. The van der Waals surface area contributed by atoms with Gasteiger partial charge in [0.2, 0.25) is 0 Å². The molecule has 0 fully saturated rings. The summed E-state index contributed by atoms with van der Waals surface area (Å²) in [6.07, 6.45) is 5.78. The van der Waals surface area contributed by atoms with Gasteiger partial charge in [-0.15, -0.1) is 0 Å². The molecule has 0 unspecified atom stereocenters. The molecule has 0 heterocycles. The Hall–Kier alpha value is -0.260. The summed E-state index contributed by atoms with van der Waals surface area (Å²) in [7, 11) is 0. The van der Waals surface area contributed by atoms with Crippen molar-refractivity contribution in [3.05, 3.63) is 18.6 Å². The molecular formula is C10H19. The Labute approximate surface area is 65.3 Å². The van der Waals surface area contributed by atoms with E-state index in [9.17, 15) is 0 Å². The van der Waals surface area contributed by atoms with Crippen molar-refractivity contribution in [3.63, 3.8) is 0 Å². The minimum absolute atomic E-state index is 0.828. The summed E-state index contributed by atoms with van der Waals surface area (Å²) < 4.78 is 0. The van der Waals surface area contributed by atoms with E-state index in [0.717, 1.165) is 12.3 Å². The summed E-state index contributed by atoms with van der Waals surface area (Å²) >= 11 is 0. The number of hydrogen-bond acceptors (Lipinski definition) is 0. The van der Waals surface area contributed by atoms with Crippen LogP contribution < -0.4 is 0 Å². The molecular weight excluding hydrogens is 120 g/mol. The zero-order valence-electron chi connectivity index (χ0n) is 7.48. The van der Waals surface area contributed by atoms with E-state index in [1.807, 2.05) is 0 Å². The highest BCUT2D eigenvalue weighted by Gasteiger charge is 1.90. The quantitative estimate of drug-likeness (QED) is 0.522. The van der Waals surface area contributed by atoms with Gasteiger partial charge in [0, 0.05) is 0 Å². The van der Waals surface area contributed by atoms with Crippen molar-refractivity contribution in [2.45, 2.75) is 40.0 Å². The maximum atomic E-state index is 3.82. The monoisotopic (exact) mass is 139 g/mol. The first-order valence-corrected chi connectivity index (χ1v) is 4.11. The Morgan fingerprint density at radius 1 is 1.50 bits per heavy atom. The van der Waals surface area contributed by atoms with Gasteiger partial charge in [-0.3, -0.25) is 0 Å². The molecule has 59 valence electrons. The van der Waals surface area contributed by atoms with Gasteiger partial charge in [0.15, 0.2) is 0 Å². The van der Waals surface area contributed by atoms with Gasteiger partial charge >= 0.3 is 0 Å². The molecule has 0 aromatic rings. The van der Waals surface area contributed by atoms with Gasteiger partial charge in [0.05, 0.1) is 0 Å². The van der Waals surface area contributed by atoms with Crippen molar-refractivity contribution < 1.29 is 0 Å². The van der Waals surface area contributed by atoms with Crippen molar-refractivity contribution in [3.8, 4) is 0 Å². The first-order valence-electron chi connectivity index (χ1n) is 4.11. The number of rotatable bonds is 4. The summed E-state index contributed by atoms with van der Waals surface area (Å²) in [4.78, 5) is 0. The van der Waals surface area contributed by atoms with E-state index in [0.29, 0.717) is 0 Å².